The highest BCUT2D eigenvalue weighted by Gasteiger charge is 2.29. The summed E-state index contributed by atoms with van der Waals surface area (Å²) < 4.78 is 37.0. The van der Waals surface area contributed by atoms with E-state index < -0.39 is 11.7 Å². The van der Waals surface area contributed by atoms with Gasteiger partial charge in [-0.1, -0.05) is 12.1 Å². The molecule has 94 valence electrons. The first-order chi connectivity index (χ1) is 8.47. The molecule has 2 aromatic rings. The number of hydrogen-bond acceptors (Lipinski definition) is 2. The summed E-state index contributed by atoms with van der Waals surface area (Å²) in [6, 6.07) is 4.71. The van der Waals surface area contributed by atoms with E-state index in [9.17, 15) is 18.0 Å². The van der Waals surface area contributed by atoms with Crippen LogP contribution < -0.4 is 5.56 Å². The van der Waals surface area contributed by atoms with Crippen LogP contribution in [-0.2, 0) is 12.6 Å². The summed E-state index contributed by atoms with van der Waals surface area (Å²) in [5, 5.41) is 0. The number of hydrogen-bond donors (Lipinski definition) is 1. The van der Waals surface area contributed by atoms with Crippen molar-refractivity contribution >= 4 is 0 Å². The summed E-state index contributed by atoms with van der Waals surface area (Å²) >= 11 is 0. The standard InChI is InChI=1S/C12H9F3N2O/c13-12(14,15)10-3-1-8(2-4-10)5-9-6-16-7-17-11(9)18/h1-4,6-7H,5H2,(H,16,17,18). The molecule has 0 atom stereocenters. The van der Waals surface area contributed by atoms with Crippen LogP contribution in [0.5, 0.6) is 0 Å². The smallest absolute Gasteiger partial charge is 0.313 e. The lowest BCUT2D eigenvalue weighted by Gasteiger charge is -2.07. The van der Waals surface area contributed by atoms with Crippen molar-refractivity contribution in [3.8, 4) is 0 Å². The highest BCUT2D eigenvalue weighted by Crippen LogP contribution is 2.29. The number of rotatable bonds is 2. The highest BCUT2D eigenvalue weighted by molar-refractivity contribution is 5.28. The average molecular weight is 254 g/mol. The summed E-state index contributed by atoms with van der Waals surface area (Å²) in [7, 11) is 0. The molecule has 0 aliphatic carbocycles. The van der Waals surface area contributed by atoms with Crippen LogP contribution in [0.25, 0.3) is 0 Å². The fourth-order valence-electron chi connectivity index (χ4n) is 1.53. The van der Waals surface area contributed by atoms with Crippen molar-refractivity contribution < 1.29 is 13.2 Å². The first-order valence-electron chi connectivity index (χ1n) is 5.14. The molecule has 1 aromatic carbocycles. The predicted octanol–water partition coefficient (Wildman–Crippen LogP) is 2.38. The third kappa shape index (κ3) is 2.77. The van der Waals surface area contributed by atoms with E-state index in [1.807, 2.05) is 0 Å². The minimum atomic E-state index is -4.34. The zero-order chi connectivity index (χ0) is 13.2. The topological polar surface area (TPSA) is 45.8 Å². The van der Waals surface area contributed by atoms with Crippen molar-refractivity contribution in [1.29, 1.82) is 0 Å². The predicted molar refractivity (Wildman–Crippen MR) is 59.1 cm³/mol. The van der Waals surface area contributed by atoms with Gasteiger partial charge in [0.25, 0.3) is 5.56 Å². The molecule has 2 rings (SSSR count). The summed E-state index contributed by atoms with van der Waals surface area (Å²) in [5.74, 6) is 0. The minimum absolute atomic E-state index is 0.251. The molecule has 1 N–H and O–H groups in total. The lowest BCUT2D eigenvalue weighted by molar-refractivity contribution is -0.137. The van der Waals surface area contributed by atoms with Crippen molar-refractivity contribution in [2.75, 3.05) is 0 Å². The van der Waals surface area contributed by atoms with E-state index in [2.05, 4.69) is 9.97 Å². The Morgan fingerprint density at radius 1 is 1.17 bits per heavy atom. The number of aromatic nitrogens is 2. The summed E-state index contributed by atoms with van der Waals surface area (Å²) in [6.07, 6.45) is -1.43. The Morgan fingerprint density at radius 3 is 2.39 bits per heavy atom. The third-order valence-electron chi connectivity index (χ3n) is 2.47. The van der Waals surface area contributed by atoms with E-state index in [0.29, 0.717) is 11.1 Å². The van der Waals surface area contributed by atoms with Gasteiger partial charge in [-0.05, 0) is 17.7 Å². The quantitative estimate of drug-likeness (QED) is 0.894. The molecule has 0 fully saturated rings. The van der Waals surface area contributed by atoms with Crippen LogP contribution in [0.15, 0.2) is 41.6 Å². The van der Waals surface area contributed by atoms with E-state index in [-0.39, 0.29) is 12.0 Å². The molecule has 0 aliphatic rings. The number of nitrogens with zero attached hydrogens (tertiary/aromatic N) is 1. The maximum absolute atomic E-state index is 12.3. The molecule has 0 bridgehead atoms. The van der Waals surface area contributed by atoms with Gasteiger partial charge >= 0.3 is 6.18 Å². The van der Waals surface area contributed by atoms with E-state index in [1.165, 1.54) is 24.7 Å². The van der Waals surface area contributed by atoms with Crippen LogP contribution in [0.3, 0.4) is 0 Å². The SMILES string of the molecule is O=c1[nH]cncc1Cc1ccc(C(F)(F)F)cc1. The van der Waals surface area contributed by atoms with E-state index in [1.54, 1.807) is 0 Å². The Morgan fingerprint density at radius 2 is 1.83 bits per heavy atom. The van der Waals surface area contributed by atoms with Gasteiger partial charge in [-0.3, -0.25) is 4.79 Å². The second-order valence-corrected chi connectivity index (χ2v) is 3.78. The van der Waals surface area contributed by atoms with Crippen LogP contribution in [0.2, 0.25) is 0 Å². The van der Waals surface area contributed by atoms with Gasteiger partial charge in [0.15, 0.2) is 0 Å². The molecule has 0 spiro atoms. The van der Waals surface area contributed by atoms with Crippen molar-refractivity contribution in [2.45, 2.75) is 12.6 Å². The zero-order valence-corrected chi connectivity index (χ0v) is 9.16. The number of H-pyrrole nitrogens is 1. The van der Waals surface area contributed by atoms with Crippen molar-refractivity contribution in [1.82, 2.24) is 9.97 Å². The van der Waals surface area contributed by atoms with Gasteiger partial charge in [0.2, 0.25) is 0 Å². The molecule has 1 heterocycles. The van der Waals surface area contributed by atoms with Gasteiger partial charge in [0.1, 0.15) is 0 Å². The maximum atomic E-state index is 12.3. The molecular weight excluding hydrogens is 245 g/mol. The minimum Gasteiger partial charge on any atom is -0.313 e. The van der Waals surface area contributed by atoms with Gasteiger partial charge in [-0.25, -0.2) is 4.98 Å². The fourth-order valence-corrected chi connectivity index (χ4v) is 1.53. The number of alkyl halides is 3. The van der Waals surface area contributed by atoms with Crippen molar-refractivity contribution in [3.63, 3.8) is 0 Å². The lowest BCUT2D eigenvalue weighted by Crippen LogP contribution is -2.12. The first-order valence-corrected chi connectivity index (χ1v) is 5.14. The van der Waals surface area contributed by atoms with Crippen molar-refractivity contribution in [2.24, 2.45) is 0 Å². The molecule has 0 saturated carbocycles. The Kier molecular flexibility index (Phi) is 3.18. The van der Waals surface area contributed by atoms with Gasteiger partial charge in [-0.15, -0.1) is 0 Å². The third-order valence-corrected chi connectivity index (χ3v) is 2.47. The van der Waals surface area contributed by atoms with E-state index in [4.69, 9.17) is 0 Å². The lowest BCUT2D eigenvalue weighted by atomic mass is 10.1. The van der Waals surface area contributed by atoms with Gasteiger partial charge in [-0.2, -0.15) is 13.2 Å². The molecule has 18 heavy (non-hydrogen) atoms. The Bertz CT molecular complexity index is 587. The molecular formula is C12H9F3N2O. The van der Waals surface area contributed by atoms with Crippen molar-refractivity contribution in [3.05, 3.63) is 63.8 Å². The normalized spacial score (nSPS) is 11.5. The molecule has 0 aliphatic heterocycles. The largest absolute Gasteiger partial charge is 0.416 e. The highest BCUT2D eigenvalue weighted by atomic mass is 19.4. The van der Waals surface area contributed by atoms with Gasteiger partial charge < -0.3 is 4.98 Å². The molecule has 1 aromatic heterocycles. The number of nitrogens with one attached hydrogen (secondary N) is 1. The molecule has 3 nitrogen and oxygen atoms in total. The Labute approximate surface area is 100 Å². The Hall–Kier alpha value is -2.11. The summed E-state index contributed by atoms with van der Waals surface area (Å²) in [5.41, 5.74) is 0.0509. The Balaban J connectivity index is 2.22. The molecule has 0 radical (unpaired) electrons. The number of aromatic amines is 1. The number of benzene rings is 1. The molecule has 0 saturated heterocycles. The second kappa shape index (κ2) is 4.64. The summed E-state index contributed by atoms with van der Waals surface area (Å²) in [6.45, 7) is 0. The second-order valence-electron chi connectivity index (χ2n) is 3.78. The van der Waals surface area contributed by atoms with Gasteiger partial charge in [0, 0.05) is 18.2 Å². The first kappa shape index (κ1) is 12.3. The van der Waals surface area contributed by atoms with Crippen LogP contribution >= 0.6 is 0 Å². The molecule has 0 amide bonds. The summed E-state index contributed by atoms with van der Waals surface area (Å²) in [4.78, 5) is 17.5. The van der Waals surface area contributed by atoms with Crippen LogP contribution in [0.1, 0.15) is 16.7 Å². The van der Waals surface area contributed by atoms with E-state index >= 15 is 0 Å². The zero-order valence-electron chi connectivity index (χ0n) is 9.16. The average Bonchev–Trinajstić information content (AvgIpc) is 2.32. The van der Waals surface area contributed by atoms with E-state index in [0.717, 1.165) is 12.1 Å². The number of halogens is 3. The van der Waals surface area contributed by atoms with Crippen LogP contribution in [0.4, 0.5) is 13.2 Å². The maximum Gasteiger partial charge on any atom is 0.416 e. The molecule has 6 heteroatoms. The van der Waals surface area contributed by atoms with Gasteiger partial charge in [0.05, 0.1) is 11.9 Å². The van der Waals surface area contributed by atoms with Crippen LogP contribution in [-0.4, -0.2) is 9.97 Å². The fraction of sp³-hybridized carbons (Fsp3) is 0.167. The molecule has 0 unspecified atom stereocenters. The monoisotopic (exact) mass is 254 g/mol. The van der Waals surface area contributed by atoms with Crippen LogP contribution in [0, 0.1) is 0 Å².